The minimum absolute atomic E-state index is 0.180. The van der Waals surface area contributed by atoms with E-state index in [2.05, 4.69) is 31.4 Å². The highest BCUT2D eigenvalue weighted by Crippen LogP contribution is 2.14. The van der Waals surface area contributed by atoms with Crippen LogP contribution >= 0.6 is 15.9 Å². The van der Waals surface area contributed by atoms with Gasteiger partial charge < -0.3 is 4.42 Å². The molecule has 0 saturated carbocycles. The Hall–Kier alpha value is -2.73. The van der Waals surface area contributed by atoms with Crippen molar-refractivity contribution in [1.82, 2.24) is 10.4 Å². The monoisotopic (exact) mass is 369 g/mol. The summed E-state index contributed by atoms with van der Waals surface area (Å²) in [6.07, 6.45) is 3.38. The number of hydrazone groups is 1. The zero-order valence-corrected chi connectivity index (χ0v) is 13.5. The van der Waals surface area contributed by atoms with Gasteiger partial charge in [0.25, 0.3) is 0 Å². The van der Waals surface area contributed by atoms with Crippen molar-refractivity contribution < 1.29 is 9.21 Å². The van der Waals surface area contributed by atoms with E-state index in [1.165, 1.54) is 0 Å². The zero-order chi connectivity index (χ0) is 16.1. The molecule has 0 spiro atoms. The number of rotatable bonds is 4. The predicted molar refractivity (Wildman–Crippen MR) is 90.2 cm³/mol. The molecule has 6 heteroatoms. The van der Waals surface area contributed by atoms with E-state index in [-0.39, 0.29) is 5.76 Å². The second-order valence-electron chi connectivity index (χ2n) is 4.61. The molecule has 0 radical (unpaired) electrons. The Kier molecular flexibility index (Phi) is 4.63. The Morgan fingerprint density at radius 1 is 1.04 bits per heavy atom. The largest absolute Gasteiger partial charge is 0.444 e. The van der Waals surface area contributed by atoms with Gasteiger partial charge in [-0.3, -0.25) is 9.78 Å². The highest BCUT2D eigenvalue weighted by atomic mass is 79.9. The van der Waals surface area contributed by atoms with Crippen LogP contribution in [-0.4, -0.2) is 16.6 Å². The molecule has 2 heterocycles. The predicted octanol–water partition coefficient (Wildman–Crippen LogP) is 3.62. The number of nitrogens with zero attached hydrogens (tertiary/aromatic N) is 2. The van der Waals surface area contributed by atoms with Gasteiger partial charge in [0, 0.05) is 23.5 Å². The summed E-state index contributed by atoms with van der Waals surface area (Å²) in [6.45, 7) is 0. The van der Waals surface area contributed by atoms with Crippen molar-refractivity contribution in [2.75, 3.05) is 0 Å². The van der Waals surface area contributed by atoms with Gasteiger partial charge >= 0.3 is 5.91 Å². The fourth-order valence-electron chi connectivity index (χ4n) is 1.99. The first-order valence-electron chi connectivity index (χ1n) is 6.83. The summed E-state index contributed by atoms with van der Waals surface area (Å²) in [5.74, 6) is -0.243. The van der Waals surface area contributed by atoms with E-state index < -0.39 is 5.91 Å². The third kappa shape index (κ3) is 3.73. The van der Waals surface area contributed by atoms with E-state index in [0.29, 0.717) is 10.4 Å². The lowest BCUT2D eigenvalue weighted by Gasteiger charge is -2.07. The number of hydrogen-bond donors (Lipinski definition) is 1. The van der Waals surface area contributed by atoms with Gasteiger partial charge in [-0.1, -0.05) is 30.3 Å². The average Bonchev–Trinajstić information content (AvgIpc) is 3.03. The van der Waals surface area contributed by atoms with Crippen molar-refractivity contribution >= 4 is 27.5 Å². The lowest BCUT2D eigenvalue weighted by molar-refractivity contribution is 0.0926. The van der Waals surface area contributed by atoms with E-state index in [0.717, 1.165) is 11.1 Å². The maximum Gasteiger partial charge on any atom is 0.307 e. The van der Waals surface area contributed by atoms with Crippen molar-refractivity contribution in [3.63, 3.8) is 0 Å². The molecular weight excluding hydrogens is 358 g/mol. The number of pyridine rings is 1. The van der Waals surface area contributed by atoms with Crippen LogP contribution in [-0.2, 0) is 0 Å². The molecule has 3 aromatic rings. The van der Waals surface area contributed by atoms with Crippen LogP contribution in [0.2, 0.25) is 0 Å². The maximum absolute atomic E-state index is 12.1. The second-order valence-corrected chi connectivity index (χ2v) is 5.39. The fraction of sp³-hybridized carbons (Fsp3) is 0. The maximum atomic E-state index is 12.1. The molecule has 0 unspecified atom stereocenters. The number of carbonyl (C=O) groups excluding carboxylic acids is 1. The van der Waals surface area contributed by atoms with Crippen molar-refractivity contribution in [2.45, 2.75) is 0 Å². The van der Waals surface area contributed by atoms with Crippen molar-refractivity contribution in [2.24, 2.45) is 5.10 Å². The molecule has 1 amide bonds. The van der Waals surface area contributed by atoms with E-state index >= 15 is 0 Å². The van der Waals surface area contributed by atoms with Crippen molar-refractivity contribution in [1.29, 1.82) is 0 Å². The molecule has 23 heavy (non-hydrogen) atoms. The van der Waals surface area contributed by atoms with Gasteiger partial charge in [0.2, 0.25) is 0 Å². The average molecular weight is 370 g/mol. The Bertz CT molecular complexity index is 788. The molecule has 0 aliphatic heterocycles. The van der Waals surface area contributed by atoms with Gasteiger partial charge in [-0.25, -0.2) is 5.43 Å². The van der Waals surface area contributed by atoms with Gasteiger partial charge in [0.15, 0.2) is 10.4 Å². The number of nitrogens with one attached hydrogen (secondary N) is 1. The summed E-state index contributed by atoms with van der Waals surface area (Å²) < 4.78 is 5.70. The van der Waals surface area contributed by atoms with Crippen LogP contribution < -0.4 is 5.43 Å². The first kappa shape index (κ1) is 15.2. The van der Waals surface area contributed by atoms with E-state index in [9.17, 15) is 4.79 Å². The van der Waals surface area contributed by atoms with Gasteiger partial charge in [-0.15, -0.1) is 0 Å². The summed E-state index contributed by atoms with van der Waals surface area (Å²) >= 11 is 3.16. The number of carbonyl (C=O) groups is 1. The Labute approximate surface area is 141 Å². The molecule has 0 atom stereocenters. The van der Waals surface area contributed by atoms with Gasteiger partial charge in [-0.2, -0.15) is 5.10 Å². The van der Waals surface area contributed by atoms with Crippen LogP contribution in [0, 0.1) is 0 Å². The summed E-state index contributed by atoms with van der Waals surface area (Å²) in [5.41, 5.74) is 4.82. The molecule has 0 saturated heterocycles. The number of benzene rings is 1. The van der Waals surface area contributed by atoms with Crippen molar-refractivity contribution in [3.05, 3.63) is 88.5 Å². The Balaban J connectivity index is 1.91. The van der Waals surface area contributed by atoms with Crippen LogP contribution in [0.4, 0.5) is 0 Å². The minimum Gasteiger partial charge on any atom is -0.444 e. The first-order chi connectivity index (χ1) is 11.2. The number of hydrogen-bond acceptors (Lipinski definition) is 4. The number of amides is 1. The number of aromatic nitrogens is 1. The lowest BCUT2D eigenvalue weighted by Crippen LogP contribution is -2.20. The normalized spacial score (nSPS) is 11.3. The highest BCUT2D eigenvalue weighted by molar-refractivity contribution is 9.10. The second kappa shape index (κ2) is 7.02. The lowest BCUT2D eigenvalue weighted by atomic mass is 10.0. The van der Waals surface area contributed by atoms with Gasteiger partial charge in [0.05, 0.1) is 5.71 Å². The summed E-state index contributed by atoms with van der Waals surface area (Å²) in [7, 11) is 0. The van der Waals surface area contributed by atoms with Crippen LogP contribution in [0.1, 0.15) is 21.7 Å². The SMILES string of the molecule is O=C(NN=C(c1ccccc1)c1cccnc1)c1ccc(Br)o1. The molecular formula is C17H12BrN3O2. The molecule has 3 rings (SSSR count). The summed E-state index contributed by atoms with van der Waals surface area (Å²) in [5, 5.41) is 4.25. The molecule has 114 valence electrons. The third-order valence-electron chi connectivity index (χ3n) is 3.05. The van der Waals surface area contributed by atoms with Gasteiger partial charge in [-0.05, 0) is 40.2 Å². The topological polar surface area (TPSA) is 67.5 Å². The minimum atomic E-state index is -0.423. The molecule has 0 aliphatic carbocycles. The zero-order valence-electron chi connectivity index (χ0n) is 11.9. The number of furan rings is 1. The van der Waals surface area contributed by atoms with Crippen molar-refractivity contribution in [3.8, 4) is 0 Å². The quantitative estimate of drug-likeness (QED) is 0.564. The fourth-order valence-corrected chi connectivity index (χ4v) is 2.30. The van der Waals surface area contributed by atoms with Crippen LogP contribution in [0.5, 0.6) is 0 Å². The molecule has 1 N–H and O–H groups in total. The Morgan fingerprint density at radius 3 is 2.48 bits per heavy atom. The Morgan fingerprint density at radius 2 is 1.83 bits per heavy atom. The first-order valence-corrected chi connectivity index (χ1v) is 7.62. The smallest absolute Gasteiger partial charge is 0.307 e. The molecule has 0 aliphatic rings. The van der Waals surface area contributed by atoms with Crippen LogP contribution in [0.15, 0.2) is 81.2 Å². The molecule has 0 fully saturated rings. The standard InChI is InChI=1S/C17H12BrN3O2/c18-15-9-8-14(23-15)17(22)21-20-16(12-5-2-1-3-6-12)13-7-4-10-19-11-13/h1-11H,(H,21,22). The molecule has 5 nitrogen and oxygen atoms in total. The third-order valence-corrected chi connectivity index (χ3v) is 3.47. The summed E-state index contributed by atoms with van der Waals surface area (Å²) in [6, 6.07) is 16.5. The molecule has 0 bridgehead atoms. The van der Waals surface area contributed by atoms with Crippen LogP contribution in [0.3, 0.4) is 0 Å². The molecule has 2 aromatic heterocycles. The van der Waals surface area contributed by atoms with Crippen LogP contribution in [0.25, 0.3) is 0 Å². The number of halogens is 1. The summed E-state index contributed by atoms with van der Waals surface area (Å²) in [4.78, 5) is 16.2. The highest BCUT2D eigenvalue weighted by Gasteiger charge is 2.12. The van der Waals surface area contributed by atoms with E-state index in [1.54, 1.807) is 24.5 Å². The van der Waals surface area contributed by atoms with E-state index in [4.69, 9.17) is 4.42 Å². The van der Waals surface area contributed by atoms with Gasteiger partial charge in [0.1, 0.15) is 0 Å². The molecule has 1 aromatic carbocycles. The van der Waals surface area contributed by atoms with E-state index in [1.807, 2.05) is 42.5 Å².